The average molecular weight is 364 g/mol. The minimum absolute atomic E-state index is 0.0936. The first-order valence-electron chi connectivity index (χ1n) is 7.65. The monoisotopic (exact) mass is 364 g/mol. The molecule has 3 aliphatic rings. The minimum atomic E-state index is -4.79. The maximum Gasteiger partial charge on any atom is 0.418 e. The van der Waals surface area contributed by atoms with Crippen LogP contribution in [0.4, 0.5) is 4.79 Å². The fraction of sp³-hybridized carbons (Fsp3) is 0.833. The number of carbonyl (C=O) groups excluding carboxylic acids is 2. The van der Waals surface area contributed by atoms with Gasteiger partial charge >= 0.3 is 16.4 Å². The quantitative estimate of drug-likeness (QED) is 0.457. The number of nitrogens with one attached hydrogen (secondary N) is 1. The van der Waals surface area contributed by atoms with E-state index in [0.29, 0.717) is 24.4 Å². The van der Waals surface area contributed by atoms with Crippen molar-refractivity contribution in [3.05, 3.63) is 0 Å². The Hall–Kier alpha value is -1.47. The van der Waals surface area contributed by atoms with Crippen LogP contribution < -0.4 is 5.48 Å². The fourth-order valence-corrected chi connectivity index (χ4v) is 3.69. The summed E-state index contributed by atoms with van der Waals surface area (Å²) < 4.78 is 34.7. The molecule has 0 aliphatic carbocycles. The van der Waals surface area contributed by atoms with Crippen LogP contribution in [-0.2, 0) is 24.3 Å². The lowest BCUT2D eigenvalue weighted by Crippen LogP contribution is -2.50. The third kappa shape index (κ3) is 3.62. The van der Waals surface area contributed by atoms with Crippen molar-refractivity contribution in [2.45, 2.75) is 37.5 Å². The molecule has 3 rings (SSSR count). The van der Waals surface area contributed by atoms with Gasteiger partial charge < -0.3 is 9.80 Å². The van der Waals surface area contributed by atoms with Crippen LogP contribution in [0, 0.1) is 0 Å². The Balaban J connectivity index is 1.58. The molecule has 136 valence electrons. The van der Waals surface area contributed by atoms with Crippen LogP contribution in [0.3, 0.4) is 0 Å². The molecule has 0 saturated carbocycles. The highest BCUT2D eigenvalue weighted by Gasteiger charge is 2.49. The molecule has 0 aromatic heterocycles. The van der Waals surface area contributed by atoms with Gasteiger partial charge in [-0.15, -0.1) is 4.28 Å². The number of nitrogens with zero attached hydrogens (tertiary/aromatic N) is 3. The predicted octanol–water partition coefficient (Wildman–Crippen LogP) is -1.26. The Kier molecular flexibility index (Phi) is 4.66. The molecule has 3 saturated heterocycles. The smallest absolute Gasteiger partial charge is 0.309 e. The van der Waals surface area contributed by atoms with Gasteiger partial charge in [0.05, 0.1) is 12.1 Å². The van der Waals surface area contributed by atoms with Gasteiger partial charge in [-0.2, -0.15) is 13.5 Å². The van der Waals surface area contributed by atoms with Gasteiger partial charge in [-0.05, 0) is 26.3 Å². The Bertz CT molecular complexity index is 627. The molecule has 3 aliphatic heterocycles. The number of likely N-dealkylation sites (tertiary alicyclic amines) is 1. The zero-order chi connectivity index (χ0) is 17.5. The number of amides is 3. The van der Waals surface area contributed by atoms with Crippen molar-refractivity contribution in [2.24, 2.45) is 0 Å². The van der Waals surface area contributed by atoms with E-state index in [-0.39, 0.29) is 12.6 Å². The molecule has 3 heterocycles. The number of hydrogen-bond donors (Lipinski definition) is 2. The molecule has 3 atom stereocenters. The molecular weight excluding hydrogens is 344 g/mol. The van der Waals surface area contributed by atoms with E-state index in [4.69, 9.17) is 9.39 Å². The van der Waals surface area contributed by atoms with Crippen LogP contribution >= 0.6 is 0 Å². The van der Waals surface area contributed by atoms with Gasteiger partial charge in [0.15, 0.2) is 0 Å². The van der Waals surface area contributed by atoms with Crippen LogP contribution in [0.15, 0.2) is 0 Å². The molecular formula is C12H20N4O7S. The molecule has 3 fully saturated rings. The summed E-state index contributed by atoms with van der Waals surface area (Å²) in [6.07, 6.45) is 1.44. The Labute approximate surface area is 139 Å². The molecule has 11 nitrogen and oxygen atoms in total. The summed E-state index contributed by atoms with van der Waals surface area (Å²) in [7, 11) is -2.84. The van der Waals surface area contributed by atoms with Crippen molar-refractivity contribution in [3.8, 4) is 0 Å². The van der Waals surface area contributed by atoms with Crippen LogP contribution in [0.2, 0.25) is 0 Å². The van der Waals surface area contributed by atoms with Gasteiger partial charge in [0, 0.05) is 19.6 Å². The first kappa shape index (κ1) is 17.4. The zero-order valence-corrected chi connectivity index (χ0v) is 13.9. The van der Waals surface area contributed by atoms with E-state index in [9.17, 15) is 18.0 Å². The molecule has 2 bridgehead atoms. The maximum absolute atomic E-state index is 12.3. The second-order valence-corrected chi connectivity index (χ2v) is 7.27. The van der Waals surface area contributed by atoms with Gasteiger partial charge in [-0.1, -0.05) is 0 Å². The van der Waals surface area contributed by atoms with E-state index in [0.717, 1.165) is 13.0 Å². The second kappa shape index (κ2) is 6.44. The molecule has 24 heavy (non-hydrogen) atoms. The lowest BCUT2D eigenvalue weighted by atomic mass is 10.0. The summed E-state index contributed by atoms with van der Waals surface area (Å²) in [6, 6.07) is -2.05. The zero-order valence-electron chi connectivity index (χ0n) is 13.1. The molecule has 3 amide bonds. The number of carbonyl (C=O) groups is 2. The lowest BCUT2D eigenvalue weighted by molar-refractivity contribution is -0.143. The van der Waals surface area contributed by atoms with Gasteiger partial charge in [0.1, 0.15) is 6.04 Å². The van der Waals surface area contributed by atoms with E-state index in [1.165, 1.54) is 4.90 Å². The molecule has 0 spiro atoms. The van der Waals surface area contributed by atoms with E-state index in [2.05, 4.69) is 14.7 Å². The fourth-order valence-electron chi connectivity index (χ4n) is 3.30. The van der Waals surface area contributed by atoms with Crippen LogP contribution in [0.1, 0.15) is 19.3 Å². The van der Waals surface area contributed by atoms with Crippen LogP contribution in [0.25, 0.3) is 0 Å². The summed E-state index contributed by atoms with van der Waals surface area (Å²) in [6.45, 7) is 1.75. The third-order valence-corrected chi connectivity index (χ3v) is 4.82. The van der Waals surface area contributed by atoms with Crippen molar-refractivity contribution in [1.29, 1.82) is 0 Å². The number of hydrogen-bond acceptors (Lipinski definition) is 7. The Morgan fingerprint density at radius 3 is 2.67 bits per heavy atom. The second-order valence-electron chi connectivity index (χ2n) is 6.27. The first-order valence-corrected chi connectivity index (χ1v) is 9.02. The van der Waals surface area contributed by atoms with Crippen molar-refractivity contribution in [1.82, 2.24) is 20.3 Å². The predicted molar refractivity (Wildman–Crippen MR) is 78.5 cm³/mol. The first-order chi connectivity index (χ1) is 11.2. The molecule has 0 radical (unpaired) electrons. The summed E-state index contributed by atoms with van der Waals surface area (Å²) in [5.74, 6) is -0.454. The van der Waals surface area contributed by atoms with Gasteiger partial charge in [0.2, 0.25) is 0 Å². The maximum atomic E-state index is 12.3. The number of rotatable bonds is 5. The van der Waals surface area contributed by atoms with Gasteiger partial charge in [0.25, 0.3) is 5.91 Å². The molecule has 2 N–H and O–H groups in total. The van der Waals surface area contributed by atoms with Crippen molar-refractivity contribution in [2.75, 3.05) is 26.7 Å². The van der Waals surface area contributed by atoms with Gasteiger partial charge in [-0.25, -0.2) is 10.3 Å². The van der Waals surface area contributed by atoms with E-state index < -0.39 is 34.4 Å². The van der Waals surface area contributed by atoms with Crippen molar-refractivity contribution >= 4 is 22.3 Å². The number of urea groups is 1. The largest absolute Gasteiger partial charge is 0.418 e. The highest BCUT2D eigenvalue weighted by atomic mass is 32.3. The Morgan fingerprint density at radius 1 is 1.29 bits per heavy atom. The van der Waals surface area contributed by atoms with E-state index >= 15 is 0 Å². The van der Waals surface area contributed by atoms with E-state index in [1.807, 2.05) is 7.05 Å². The van der Waals surface area contributed by atoms with Crippen LogP contribution in [0.5, 0.6) is 0 Å². The normalized spacial score (nSPS) is 30.9. The minimum Gasteiger partial charge on any atom is -0.309 e. The van der Waals surface area contributed by atoms with E-state index in [1.54, 1.807) is 0 Å². The number of fused-ring (bicyclic) bond motifs is 2. The summed E-state index contributed by atoms with van der Waals surface area (Å²) in [5.41, 5.74) is 2.39. The SMILES string of the molecule is CN1CCC(ONC(=O)[C@@H]2CCC3CN2C(=O)N3OS(=O)(=O)O)C1. The summed E-state index contributed by atoms with van der Waals surface area (Å²) in [5, 5.41) is 0.607. The highest BCUT2D eigenvalue weighted by Crippen LogP contribution is 2.30. The Morgan fingerprint density at radius 2 is 2.04 bits per heavy atom. The van der Waals surface area contributed by atoms with Crippen molar-refractivity contribution in [3.63, 3.8) is 0 Å². The van der Waals surface area contributed by atoms with Crippen LogP contribution in [-0.4, -0.2) is 84.6 Å². The molecule has 2 unspecified atom stereocenters. The number of hydroxylamine groups is 3. The molecule has 0 aromatic carbocycles. The number of likely N-dealkylation sites (N-methyl/N-ethyl adjacent to an activating group) is 1. The standard InChI is InChI=1S/C12H20N4O7S/c1-14-5-4-9(7-14)22-13-11(17)10-3-2-8-6-15(10)12(18)16(8)23-24(19,20)21/h8-10H,2-7H2,1H3,(H,13,17)(H,19,20,21)/t8?,9?,10-/m0/s1. The molecule has 12 heteroatoms. The lowest BCUT2D eigenvalue weighted by Gasteiger charge is -2.29. The summed E-state index contributed by atoms with van der Waals surface area (Å²) >= 11 is 0. The summed E-state index contributed by atoms with van der Waals surface area (Å²) in [4.78, 5) is 33.2. The highest BCUT2D eigenvalue weighted by molar-refractivity contribution is 7.80. The number of piperidine rings is 1. The van der Waals surface area contributed by atoms with Gasteiger partial charge in [-0.3, -0.25) is 14.2 Å². The average Bonchev–Trinajstić information content (AvgIpc) is 3.02. The third-order valence-electron chi connectivity index (χ3n) is 4.47. The molecule has 0 aromatic rings. The topological polar surface area (TPSA) is 129 Å². The van der Waals surface area contributed by atoms with Crippen molar-refractivity contribution < 1.29 is 31.7 Å².